The van der Waals surface area contributed by atoms with E-state index in [1.54, 1.807) is 0 Å². The van der Waals surface area contributed by atoms with Gasteiger partial charge in [-0.1, -0.05) is 49.3 Å². The van der Waals surface area contributed by atoms with E-state index in [1.165, 1.54) is 25.7 Å². The largest absolute Gasteiger partial charge is 0.374 e. The number of alkyl halides is 1. The van der Waals surface area contributed by atoms with Crippen LogP contribution in [0.15, 0.2) is 0 Å². The van der Waals surface area contributed by atoms with Gasteiger partial charge in [-0.3, -0.25) is 0 Å². The molecule has 2 heteroatoms. The van der Waals surface area contributed by atoms with Crippen molar-refractivity contribution in [2.45, 2.75) is 51.7 Å². The highest BCUT2D eigenvalue weighted by atomic mass is 127. The fourth-order valence-corrected chi connectivity index (χ4v) is 2.35. The summed E-state index contributed by atoms with van der Waals surface area (Å²) in [5, 5.41) is 0. The molecule has 0 aromatic heterocycles. The molecule has 72 valence electrons. The Morgan fingerprint density at radius 2 is 2.00 bits per heavy atom. The first-order valence-corrected chi connectivity index (χ1v) is 6.48. The summed E-state index contributed by atoms with van der Waals surface area (Å²) in [6.45, 7) is 4.53. The number of hydrogen-bond donors (Lipinski definition) is 0. The van der Waals surface area contributed by atoms with Crippen LogP contribution in [0.3, 0.4) is 0 Å². The van der Waals surface area contributed by atoms with E-state index in [-0.39, 0.29) is 0 Å². The third-order valence-corrected chi connectivity index (χ3v) is 3.53. The van der Waals surface area contributed by atoms with E-state index in [1.807, 2.05) is 0 Å². The van der Waals surface area contributed by atoms with Crippen molar-refractivity contribution in [2.24, 2.45) is 5.92 Å². The standard InChI is InChI=1S/C10H19IO/c1-8(2)10-6-4-3-5-9(7-11)12-10/h8-10H,3-7H2,1-2H3. The highest BCUT2D eigenvalue weighted by molar-refractivity contribution is 14.1. The van der Waals surface area contributed by atoms with Gasteiger partial charge in [0.05, 0.1) is 12.2 Å². The molecule has 0 bridgehead atoms. The van der Waals surface area contributed by atoms with Crippen molar-refractivity contribution < 1.29 is 4.74 Å². The summed E-state index contributed by atoms with van der Waals surface area (Å²) in [6.07, 6.45) is 6.30. The molecule has 0 spiro atoms. The summed E-state index contributed by atoms with van der Waals surface area (Å²) in [7, 11) is 0. The number of halogens is 1. The first kappa shape index (κ1) is 10.8. The molecule has 1 aliphatic heterocycles. The molecule has 1 fully saturated rings. The monoisotopic (exact) mass is 282 g/mol. The van der Waals surface area contributed by atoms with Gasteiger partial charge in [0, 0.05) is 4.43 Å². The minimum Gasteiger partial charge on any atom is -0.374 e. The molecule has 0 N–H and O–H groups in total. The predicted octanol–water partition coefficient (Wildman–Crippen LogP) is 3.41. The van der Waals surface area contributed by atoms with Crippen LogP contribution in [-0.2, 0) is 4.74 Å². The van der Waals surface area contributed by atoms with Crippen molar-refractivity contribution in [1.82, 2.24) is 0 Å². The van der Waals surface area contributed by atoms with Gasteiger partial charge in [-0.2, -0.15) is 0 Å². The predicted molar refractivity (Wildman–Crippen MR) is 60.9 cm³/mol. The lowest BCUT2D eigenvalue weighted by Gasteiger charge is -2.23. The number of ether oxygens (including phenoxy) is 1. The van der Waals surface area contributed by atoms with Gasteiger partial charge in [0.25, 0.3) is 0 Å². The second-order valence-corrected chi connectivity index (χ2v) is 4.86. The fraction of sp³-hybridized carbons (Fsp3) is 1.00. The Bertz CT molecular complexity index is 125. The van der Waals surface area contributed by atoms with Crippen LogP contribution in [0.1, 0.15) is 39.5 Å². The Balaban J connectivity index is 2.42. The Kier molecular flexibility index (Phi) is 4.87. The molecule has 2 atom stereocenters. The SMILES string of the molecule is CC(C)C1CCCCC(CI)O1. The van der Waals surface area contributed by atoms with E-state index in [9.17, 15) is 0 Å². The van der Waals surface area contributed by atoms with Gasteiger partial charge < -0.3 is 4.74 Å². The van der Waals surface area contributed by atoms with Gasteiger partial charge in [0.2, 0.25) is 0 Å². The van der Waals surface area contributed by atoms with Gasteiger partial charge in [-0.05, 0) is 18.8 Å². The summed E-state index contributed by atoms with van der Waals surface area (Å²) in [5.41, 5.74) is 0. The van der Waals surface area contributed by atoms with Crippen LogP contribution in [-0.4, -0.2) is 16.6 Å². The molecule has 0 amide bonds. The Morgan fingerprint density at radius 1 is 1.33 bits per heavy atom. The molecule has 0 aliphatic carbocycles. The average Bonchev–Trinajstić information content (AvgIpc) is 2.28. The maximum atomic E-state index is 6.01. The van der Waals surface area contributed by atoms with Crippen molar-refractivity contribution in [3.63, 3.8) is 0 Å². The molecular weight excluding hydrogens is 263 g/mol. The summed E-state index contributed by atoms with van der Waals surface area (Å²) < 4.78 is 7.17. The summed E-state index contributed by atoms with van der Waals surface area (Å²) in [4.78, 5) is 0. The number of hydrogen-bond acceptors (Lipinski definition) is 1. The molecule has 1 saturated heterocycles. The van der Waals surface area contributed by atoms with Crippen molar-refractivity contribution in [1.29, 1.82) is 0 Å². The lowest BCUT2D eigenvalue weighted by atomic mass is 10.0. The zero-order valence-electron chi connectivity index (χ0n) is 8.05. The van der Waals surface area contributed by atoms with Crippen LogP contribution < -0.4 is 0 Å². The van der Waals surface area contributed by atoms with Crippen LogP contribution in [0.4, 0.5) is 0 Å². The normalized spacial score (nSPS) is 32.0. The van der Waals surface area contributed by atoms with E-state index in [0.717, 1.165) is 4.43 Å². The minimum absolute atomic E-state index is 0.521. The zero-order chi connectivity index (χ0) is 8.97. The van der Waals surface area contributed by atoms with E-state index < -0.39 is 0 Å². The van der Waals surface area contributed by atoms with Crippen molar-refractivity contribution >= 4 is 22.6 Å². The quantitative estimate of drug-likeness (QED) is 0.557. The molecule has 0 saturated carbocycles. The van der Waals surface area contributed by atoms with Crippen LogP contribution in [0.5, 0.6) is 0 Å². The Morgan fingerprint density at radius 3 is 2.58 bits per heavy atom. The molecule has 1 heterocycles. The van der Waals surface area contributed by atoms with Crippen molar-refractivity contribution in [3.05, 3.63) is 0 Å². The molecule has 0 aromatic rings. The molecule has 1 rings (SSSR count). The van der Waals surface area contributed by atoms with Crippen LogP contribution >= 0.6 is 22.6 Å². The molecule has 1 nitrogen and oxygen atoms in total. The second kappa shape index (κ2) is 5.43. The summed E-state index contributed by atoms with van der Waals surface area (Å²) in [5.74, 6) is 0.688. The lowest BCUT2D eigenvalue weighted by molar-refractivity contribution is -0.0189. The molecule has 1 aliphatic rings. The zero-order valence-corrected chi connectivity index (χ0v) is 10.2. The van der Waals surface area contributed by atoms with Crippen molar-refractivity contribution in [3.8, 4) is 0 Å². The minimum atomic E-state index is 0.521. The van der Waals surface area contributed by atoms with Gasteiger partial charge in [-0.15, -0.1) is 0 Å². The first-order chi connectivity index (χ1) is 5.74. The third-order valence-electron chi connectivity index (χ3n) is 2.55. The topological polar surface area (TPSA) is 9.23 Å². The van der Waals surface area contributed by atoms with E-state index in [2.05, 4.69) is 36.4 Å². The van der Waals surface area contributed by atoms with E-state index in [0.29, 0.717) is 18.1 Å². The van der Waals surface area contributed by atoms with Crippen molar-refractivity contribution in [2.75, 3.05) is 4.43 Å². The molecule has 0 radical (unpaired) electrons. The smallest absolute Gasteiger partial charge is 0.0668 e. The maximum absolute atomic E-state index is 6.01. The third kappa shape index (κ3) is 3.21. The Labute approximate surface area is 89.4 Å². The molecule has 0 aromatic carbocycles. The highest BCUT2D eigenvalue weighted by Gasteiger charge is 2.21. The van der Waals surface area contributed by atoms with Gasteiger partial charge in [0.15, 0.2) is 0 Å². The molecular formula is C10H19IO. The highest BCUT2D eigenvalue weighted by Crippen LogP contribution is 2.24. The summed E-state index contributed by atoms with van der Waals surface area (Å²) >= 11 is 2.43. The van der Waals surface area contributed by atoms with Gasteiger partial charge in [0.1, 0.15) is 0 Å². The van der Waals surface area contributed by atoms with E-state index >= 15 is 0 Å². The van der Waals surface area contributed by atoms with Gasteiger partial charge in [-0.25, -0.2) is 0 Å². The number of rotatable bonds is 2. The molecule has 12 heavy (non-hydrogen) atoms. The van der Waals surface area contributed by atoms with Crippen LogP contribution in [0.2, 0.25) is 0 Å². The first-order valence-electron chi connectivity index (χ1n) is 4.95. The van der Waals surface area contributed by atoms with E-state index in [4.69, 9.17) is 4.74 Å². The van der Waals surface area contributed by atoms with Crippen LogP contribution in [0, 0.1) is 5.92 Å². The summed E-state index contributed by atoms with van der Waals surface area (Å²) in [6, 6.07) is 0. The van der Waals surface area contributed by atoms with Gasteiger partial charge >= 0.3 is 0 Å². The Hall–Kier alpha value is 0.690. The lowest BCUT2D eigenvalue weighted by Crippen LogP contribution is -2.25. The molecule has 2 unspecified atom stereocenters. The second-order valence-electron chi connectivity index (χ2n) is 3.98. The maximum Gasteiger partial charge on any atom is 0.0668 e. The average molecular weight is 282 g/mol. The fourth-order valence-electron chi connectivity index (χ4n) is 1.70. The van der Waals surface area contributed by atoms with Crippen LogP contribution in [0.25, 0.3) is 0 Å².